The second-order valence-corrected chi connectivity index (χ2v) is 5.84. The van der Waals surface area contributed by atoms with Crippen molar-refractivity contribution in [1.82, 2.24) is 20.9 Å². The van der Waals surface area contributed by atoms with Crippen LogP contribution in [0.3, 0.4) is 0 Å². The van der Waals surface area contributed by atoms with Gasteiger partial charge < -0.3 is 20.9 Å². The molecule has 2 amide bonds. The van der Waals surface area contributed by atoms with Crippen LogP contribution in [0.25, 0.3) is 0 Å². The summed E-state index contributed by atoms with van der Waals surface area (Å²) < 4.78 is 0. The van der Waals surface area contributed by atoms with Gasteiger partial charge in [0.1, 0.15) is 6.54 Å². The lowest BCUT2D eigenvalue weighted by molar-refractivity contribution is -0.127. The van der Waals surface area contributed by atoms with E-state index in [2.05, 4.69) is 27.9 Å². The fourth-order valence-electron chi connectivity index (χ4n) is 2.04. The van der Waals surface area contributed by atoms with Crippen LogP contribution in [0.5, 0.6) is 0 Å². The summed E-state index contributed by atoms with van der Waals surface area (Å²) in [5.41, 5.74) is 1.71. The summed E-state index contributed by atoms with van der Waals surface area (Å²) in [6.45, 7) is 3.62. The number of guanidine groups is 1. The highest BCUT2D eigenvalue weighted by Crippen LogP contribution is 2.05. The average Bonchev–Trinajstić information content (AvgIpc) is 2.62. The molecule has 1 rings (SSSR count). The third-order valence-electron chi connectivity index (χ3n) is 3.54. The van der Waals surface area contributed by atoms with Gasteiger partial charge in [-0.1, -0.05) is 19.1 Å². The second kappa shape index (κ2) is 11.1. The monoisotopic (exact) mass is 347 g/mol. The Morgan fingerprint density at radius 2 is 1.88 bits per heavy atom. The largest absolute Gasteiger partial charge is 0.356 e. The topological polar surface area (TPSA) is 85.8 Å². The van der Waals surface area contributed by atoms with E-state index in [1.54, 1.807) is 27.2 Å². The zero-order valence-corrected chi connectivity index (χ0v) is 15.6. The maximum atomic E-state index is 11.7. The number of nitrogens with zero attached hydrogens (tertiary/aromatic N) is 2. The molecule has 0 atom stereocenters. The predicted molar refractivity (Wildman–Crippen MR) is 101 cm³/mol. The molecule has 25 heavy (non-hydrogen) atoms. The van der Waals surface area contributed by atoms with Crippen molar-refractivity contribution >= 4 is 17.8 Å². The molecule has 0 fully saturated rings. The van der Waals surface area contributed by atoms with Crippen molar-refractivity contribution in [1.29, 1.82) is 0 Å². The maximum Gasteiger partial charge on any atom is 0.251 e. The lowest BCUT2D eigenvalue weighted by atomic mass is 10.1. The predicted octanol–water partition coefficient (Wildman–Crippen LogP) is 0.622. The first kappa shape index (κ1) is 20.5. The minimum Gasteiger partial charge on any atom is -0.356 e. The Hall–Kier alpha value is -2.57. The highest BCUT2D eigenvalue weighted by Gasteiger charge is 2.06. The van der Waals surface area contributed by atoms with Gasteiger partial charge in [-0.15, -0.1) is 0 Å². The summed E-state index contributed by atoms with van der Waals surface area (Å²) in [5, 5.41) is 9.04. The van der Waals surface area contributed by atoms with Crippen molar-refractivity contribution in [3.05, 3.63) is 35.4 Å². The lowest BCUT2D eigenvalue weighted by Crippen LogP contribution is -2.39. The van der Waals surface area contributed by atoms with Crippen molar-refractivity contribution in [2.24, 2.45) is 4.99 Å². The van der Waals surface area contributed by atoms with Gasteiger partial charge in [0.25, 0.3) is 5.91 Å². The molecule has 3 N–H and O–H groups in total. The van der Waals surface area contributed by atoms with Crippen LogP contribution in [-0.4, -0.2) is 63.5 Å². The van der Waals surface area contributed by atoms with E-state index in [1.165, 1.54) is 4.90 Å². The van der Waals surface area contributed by atoms with E-state index in [0.29, 0.717) is 18.1 Å². The smallest absolute Gasteiger partial charge is 0.251 e. The zero-order valence-electron chi connectivity index (χ0n) is 15.6. The summed E-state index contributed by atoms with van der Waals surface area (Å²) in [5.74, 6) is 0.485. The first-order chi connectivity index (χ1) is 12.0. The zero-order chi connectivity index (χ0) is 18.7. The fraction of sp³-hybridized carbons (Fsp3) is 0.500. The number of hydrogen-bond acceptors (Lipinski definition) is 3. The quantitative estimate of drug-likeness (QED) is 0.475. The van der Waals surface area contributed by atoms with Crippen molar-refractivity contribution in [2.75, 3.05) is 40.8 Å². The van der Waals surface area contributed by atoms with Gasteiger partial charge >= 0.3 is 0 Å². The van der Waals surface area contributed by atoms with Gasteiger partial charge in [-0.05, 0) is 30.5 Å². The Bertz CT molecular complexity index is 599. The molecule has 0 radical (unpaired) electrons. The van der Waals surface area contributed by atoms with Crippen molar-refractivity contribution in [3.63, 3.8) is 0 Å². The molecule has 7 nitrogen and oxygen atoms in total. The minimum atomic E-state index is -0.0936. The highest BCUT2D eigenvalue weighted by molar-refractivity contribution is 5.94. The SMILES string of the molecule is CCCNC(=NCC(=O)N(C)C)NCCc1cccc(C(=O)NC)c1. The molecule has 138 valence electrons. The Morgan fingerprint density at radius 1 is 1.16 bits per heavy atom. The molecular weight excluding hydrogens is 318 g/mol. The highest BCUT2D eigenvalue weighted by atomic mass is 16.2. The molecule has 0 spiro atoms. The molecule has 0 unspecified atom stereocenters. The van der Waals surface area contributed by atoms with E-state index < -0.39 is 0 Å². The van der Waals surface area contributed by atoms with Crippen molar-refractivity contribution in [2.45, 2.75) is 19.8 Å². The standard InChI is InChI=1S/C18H29N5O2/c1-5-10-20-18(22-13-16(24)23(3)4)21-11-9-14-7-6-8-15(12-14)17(25)19-2/h6-8,12H,5,9-11,13H2,1-4H3,(H,19,25)(H2,20,21,22). The van der Waals surface area contributed by atoms with Crippen LogP contribution < -0.4 is 16.0 Å². The Labute approximate surface area is 149 Å². The van der Waals surface area contributed by atoms with Gasteiger partial charge in [0, 0.05) is 39.8 Å². The van der Waals surface area contributed by atoms with E-state index in [4.69, 9.17) is 0 Å². The van der Waals surface area contributed by atoms with Gasteiger partial charge in [0.2, 0.25) is 5.91 Å². The van der Waals surface area contributed by atoms with Crippen LogP contribution in [0.4, 0.5) is 0 Å². The molecule has 0 aliphatic rings. The summed E-state index contributed by atoms with van der Waals surface area (Å²) in [7, 11) is 5.04. The summed E-state index contributed by atoms with van der Waals surface area (Å²) in [4.78, 5) is 29.2. The van der Waals surface area contributed by atoms with E-state index in [9.17, 15) is 9.59 Å². The Balaban J connectivity index is 2.60. The second-order valence-electron chi connectivity index (χ2n) is 5.84. The van der Waals surface area contributed by atoms with Crippen LogP contribution in [0.15, 0.2) is 29.3 Å². The number of carbonyl (C=O) groups excluding carboxylic acids is 2. The molecule has 1 aromatic rings. The van der Waals surface area contributed by atoms with Crippen molar-refractivity contribution < 1.29 is 9.59 Å². The number of amides is 2. The summed E-state index contributed by atoms with van der Waals surface area (Å²) >= 11 is 0. The van der Waals surface area contributed by atoms with Gasteiger partial charge in [-0.3, -0.25) is 9.59 Å². The van der Waals surface area contributed by atoms with Crippen LogP contribution in [0.2, 0.25) is 0 Å². The number of nitrogens with one attached hydrogen (secondary N) is 3. The van der Waals surface area contributed by atoms with Gasteiger partial charge in [0.15, 0.2) is 5.96 Å². The molecule has 0 heterocycles. The molecule has 0 aliphatic heterocycles. The molecule has 1 aromatic carbocycles. The van der Waals surface area contributed by atoms with E-state index >= 15 is 0 Å². The number of likely N-dealkylation sites (N-methyl/N-ethyl adjacent to an activating group) is 1. The minimum absolute atomic E-state index is 0.0455. The number of rotatable bonds is 8. The van der Waals surface area contributed by atoms with Gasteiger partial charge in [0.05, 0.1) is 0 Å². The molecule has 0 saturated heterocycles. The van der Waals surface area contributed by atoms with Gasteiger partial charge in [-0.2, -0.15) is 0 Å². The van der Waals surface area contributed by atoms with Crippen LogP contribution in [-0.2, 0) is 11.2 Å². The summed E-state index contributed by atoms with van der Waals surface area (Å²) in [6.07, 6.45) is 1.72. The lowest BCUT2D eigenvalue weighted by Gasteiger charge is -2.13. The first-order valence-corrected chi connectivity index (χ1v) is 8.51. The normalized spacial score (nSPS) is 11.0. The molecule has 0 bridgehead atoms. The average molecular weight is 347 g/mol. The fourth-order valence-corrected chi connectivity index (χ4v) is 2.04. The van der Waals surface area contributed by atoms with Crippen LogP contribution in [0, 0.1) is 0 Å². The third kappa shape index (κ3) is 7.69. The molecule has 0 aliphatic carbocycles. The van der Waals surface area contributed by atoms with E-state index in [1.807, 2.05) is 18.2 Å². The Morgan fingerprint density at radius 3 is 2.52 bits per heavy atom. The number of benzene rings is 1. The van der Waals surface area contributed by atoms with Crippen LogP contribution >= 0.6 is 0 Å². The molecule has 0 aromatic heterocycles. The van der Waals surface area contributed by atoms with Gasteiger partial charge in [-0.25, -0.2) is 4.99 Å². The van der Waals surface area contributed by atoms with Crippen LogP contribution in [0.1, 0.15) is 29.3 Å². The van der Waals surface area contributed by atoms with Crippen molar-refractivity contribution in [3.8, 4) is 0 Å². The summed E-state index contributed by atoms with van der Waals surface area (Å²) in [6, 6.07) is 7.53. The van der Waals surface area contributed by atoms with E-state index in [0.717, 1.165) is 24.9 Å². The number of aliphatic imine (C=N–C) groups is 1. The molecule has 0 saturated carbocycles. The number of carbonyl (C=O) groups is 2. The van der Waals surface area contributed by atoms with E-state index in [-0.39, 0.29) is 18.4 Å². The third-order valence-corrected chi connectivity index (χ3v) is 3.54. The number of hydrogen-bond donors (Lipinski definition) is 3. The molecule has 7 heteroatoms. The molecular formula is C18H29N5O2. The Kier molecular flexibility index (Phi) is 9.06. The maximum absolute atomic E-state index is 11.7. The first-order valence-electron chi connectivity index (χ1n) is 8.51.